The van der Waals surface area contributed by atoms with Crippen LogP contribution in [0.5, 0.6) is 0 Å². The van der Waals surface area contributed by atoms with Crippen LogP contribution >= 0.6 is 0 Å². The molecule has 0 N–H and O–H groups in total. The molecular formula is C47H82O5. The minimum atomic E-state index is -0.552. The fraction of sp³-hybridized carbons (Fsp3) is 0.745. The van der Waals surface area contributed by atoms with Gasteiger partial charge < -0.3 is 14.2 Å². The van der Waals surface area contributed by atoms with E-state index in [1.54, 1.807) is 0 Å². The summed E-state index contributed by atoms with van der Waals surface area (Å²) in [5, 5.41) is 0. The fourth-order valence-corrected chi connectivity index (χ4v) is 5.77. The first-order valence-electron chi connectivity index (χ1n) is 21.8. The molecule has 0 heterocycles. The molecule has 0 rings (SSSR count). The third-order valence-corrected chi connectivity index (χ3v) is 9.04. The molecule has 0 saturated carbocycles. The third kappa shape index (κ3) is 40.4. The summed E-state index contributed by atoms with van der Waals surface area (Å²) in [6.45, 7) is 7.61. The molecule has 0 aromatic rings. The number of carbonyl (C=O) groups is 2. The van der Waals surface area contributed by atoms with E-state index in [9.17, 15) is 9.59 Å². The Bertz CT molecular complexity index is 915. The zero-order valence-corrected chi connectivity index (χ0v) is 34.3. The van der Waals surface area contributed by atoms with Crippen molar-refractivity contribution in [3.8, 4) is 0 Å². The highest BCUT2D eigenvalue weighted by Gasteiger charge is 2.17. The van der Waals surface area contributed by atoms with Gasteiger partial charge >= 0.3 is 11.9 Å². The number of ether oxygens (including phenoxy) is 3. The molecule has 0 aromatic carbocycles. The largest absolute Gasteiger partial charge is 0.462 e. The van der Waals surface area contributed by atoms with Crippen molar-refractivity contribution in [2.24, 2.45) is 0 Å². The lowest BCUT2D eigenvalue weighted by atomic mass is 10.1. The van der Waals surface area contributed by atoms with Crippen LogP contribution in [0.1, 0.15) is 201 Å². The van der Waals surface area contributed by atoms with Gasteiger partial charge in [0, 0.05) is 19.4 Å². The van der Waals surface area contributed by atoms with Gasteiger partial charge in [-0.25, -0.2) is 0 Å². The Balaban J connectivity index is 4.32. The van der Waals surface area contributed by atoms with E-state index in [1.807, 2.05) is 0 Å². The van der Waals surface area contributed by atoms with E-state index in [2.05, 4.69) is 81.5 Å². The molecule has 0 radical (unpaired) electrons. The van der Waals surface area contributed by atoms with Crippen molar-refractivity contribution in [3.05, 3.63) is 60.8 Å². The van der Waals surface area contributed by atoms with Gasteiger partial charge in [-0.2, -0.15) is 0 Å². The van der Waals surface area contributed by atoms with Crippen LogP contribution in [0.4, 0.5) is 0 Å². The standard InChI is InChI=1S/C47H82O5/c1-4-7-10-13-16-19-22-23-24-25-27-28-31-34-37-40-46(48)51-44-45(43-50-42-39-36-33-30-21-18-15-12-9-6-3)52-47(49)41-38-35-32-29-26-20-17-14-11-8-5-2/h7,10,14,16-17,19,23-24,27-28,45H,4-6,8-9,11-13,15,18,20-22,25-26,29-44H2,1-3H3/b10-7-,17-14-,19-16-,24-23-,28-27-. The smallest absolute Gasteiger partial charge is 0.306 e. The second-order valence-corrected chi connectivity index (χ2v) is 14.2. The van der Waals surface area contributed by atoms with Gasteiger partial charge in [-0.1, -0.05) is 171 Å². The zero-order valence-electron chi connectivity index (χ0n) is 34.3. The average Bonchev–Trinajstić information content (AvgIpc) is 3.14. The lowest BCUT2D eigenvalue weighted by Crippen LogP contribution is -2.30. The second kappa shape index (κ2) is 43.0. The Morgan fingerprint density at radius 1 is 0.442 bits per heavy atom. The first kappa shape index (κ1) is 49.6. The molecule has 1 unspecified atom stereocenters. The maximum absolute atomic E-state index is 12.7. The quantitative estimate of drug-likeness (QED) is 0.0358. The molecule has 5 heteroatoms. The van der Waals surface area contributed by atoms with Crippen LogP contribution in [-0.2, 0) is 23.8 Å². The molecule has 0 aromatic heterocycles. The first-order valence-corrected chi connectivity index (χ1v) is 21.8. The molecule has 0 aliphatic rings. The first-order chi connectivity index (χ1) is 25.6. The summed E-state index contributed by atoms with van der Waals surface area (Å²) in [5.41, 5.74) is 0. The molecule has 0 amide bonds. The number of rotatable bonds is 39. The molecule has 0 bridgehead atoms. The summed E-state index contributed by atoms with van der Waals surface area (Å²) in [4.78, 5) is 25.1. The summed E-state index contributed by atoms with van der Waals surface area (Å²) in [6, 6.07) is 0. The SMILES string of the molecule is CC/C=C\C/C=C\C/C=C\C/C=C\CCCCC(=O)OCC(COCCCCCCCCCCCC)OC(=O)CCCCCCC/C=C\CCCC. The van der Waals surface area contributed by atoms with Crippen LogP contribution in [0.15, 0.2) is 60.8 Å². The Kier molecular flexibility index (Phi) is 41.0. The molecule has 52 heavy (non-hydrogen) atoms. The van der Waals surface area contributed by atoms with E-state index in [1.165, 1.54) is 83.5 Å². The molecule has 5 nitrogen and oxygen atoms in total. The number of hydrogen-bond donors (Lipinski definition) is 0. The van der Waals surface area contributed by atoms with Gasteiger partial charge in [-0.3, -0.25) is 9.59 Å². The summed E-state index contributed by atoms with van der Waals surface area (Å²) in [6.07, 6.45) is 52.1. The van der Waals surface area contributed by atoms with Gasteiger partial charge in [0.2, 0.25) is 0 Å². The Morgan fingerprint density at radius 3 is 1.50 bits per heavy atom. The Hall–Kier alpha value is -2.40. The predicted octanol–water partition coefficient (Wildman–Crippen LogP) is 14.2. The van der Waals surface area contributed by atoms with E-state index >= 15 is 0 Å². The maximum atomic E-state index is 12.7. The average molecular weight is 727 g/mol. The van der Waals surface area contributed by atoms with Gasteiger partial charge in [0.05, 0.1) is 6.61 Å². The van der Waals surface area contributed by atoms with Crippen molar-refractivity contribution in [1.82, 2.24) is 0 Å². The maximum Gasteiger partial charge on any atom is 0.306 e. The zero-order chi connectivity index (χ0) is 37.8. The van der Waals surface area contributed by atoms with Gasteiger partial charge in [0.25, 0.3) is 0 Å². The van der Waals surface area contributed by atoms with Crippen LogP contribution in [-0.4, -0.2) is 37.9 Å². The minimum absolute atomic E-state index is 0.0608. The molecular weight excluding hydrogens is 645 g/mol. The van der Waals surface area contributed by atoms with Crippen molar-refractivity contribution in [2.75, 3.05) is 19.8 Å². The Labute approximate surface area is 322 Å². The number of unbranched alkanes of at least 4 members (excludes halogenated alkanes) is 18. The highest BCUT2D eigenvalue weighted by Crippen LogP contribution is 2.12. The van der Waals surface area contributed by atoms with Crippen LogP contribution in [0.2, 0.25) is 0 Å². The molecule has 300 valence electrons. The van der Waals surface area contributed by atoms with Crippen LogP contribution in [0, 0.1) is 0 Å². The summed E-state index contributed by atoms with van der Waals surface area (Å²) < 4.78 is 17.2. The molecule has 0 aliphatic heterocycles. The number of allylic oxidation sites excluding steroid dienone is 10. The van der Waals surface area contributed by atoms with Crippen molar-refractivity contribution in [1.29, 1.82) is 0 Å². The van der Waals surface area contributed by atoms with Crippen molar-refractivity contribution in [2.45, 2.75) is 207 Å². The lowest BCUT2D eigenvalue weighted by Gasteiger charge is -2.18. The van der Waals surface area contributed by atoms with Gasteiger partial charge in [-0.15, -0.1) is 0 Å². The van der Waals surface area contributed by atoms with Gasteiger partial charge in [0.1, 0.15) is 6.61 Å². The van der Waals surface area contributed by atoms with E-state index in [0.717, 1.165) is 83.5 Å². The monoisotopic (exact) mass is 727 g/mol. The van der Waals surface area contributed by atoms with Gasteiger partial charge in [-0.05, 0) is 77.0 Å². The molecule has 0 spiro atoms. The fourth-order valence-electron chi connectivity index (χ4n) is 5.77. The highest BCUT2D eigenvalue weighted by molar-refractivity contribution is 5.70. The van der Waals surface area contributed by atoms with E-state index in [0.29, 0.717) is 19.4 Å². The summed E-state index contributed by atoms with van der Waals surface area (Å²) in [7, 11) is 0. The minimum Gasteiger partial charge on any atom is -0.462 e. The normalized spacial score (nSPS) is 12.8. The van der Waals surface area contributed by atoms with E-state index in [-0.39, 0.29) is 25.2 Å². The van der Waals surface area contributed by atoms with Crippen molar-refractivity contribution < 1.29 is 23.8 Å². The molecule has 0 fully saturated rings. The number of hydrogen-bond acceptors (Lipinski definition) is 5. The van der Waals surface area contributed by atoms with Crippen LogP contribution in [0.3, 0.4) is 0 Å². The van der Waals surface area contributed by atoms with Crippen LogP contribution < -0.4 is 0 Å². The van der Waals surface area contributed by atoms with E-state index in [4.69, 9.17) is 14.2 Å². The van der Waals surface area contributed by atoms with Crippen molar-refractivity contribution in [3.63, 3.8) is 0 Å². The van der Waals surface area contributed by atoms with E-state index < -0.39 is 6.10 Å². The van der Waals surface area contributed by atoms with Crippen LogP contribution in [0.25, 0.3) is 0 Å². The number of esters is 2. The van der Waals surface area contributed by atoms with Gasteiger partial charge in [0.15, 0.2) is 6.10 Å². The molecule has 1 atom stereocenters. The predicted molar refractivity (Wildman–Crippen MR) is 224 cm³/mol. The molecule has 0 aliphatic carbocycles. The summed E-state index contributed by atoms with van der Waals surface area (Å²) in [5.74, 6) is -0.457. The second-order valence-electron chi connectivity index (χ2n) is 14.2. The Morgan fingerprint density at radius 2 is 0.885 bits per heavy atom. The third-order valence-electron chi connectivity index (χ3n) is 9.04. The molecule has 0 saturated heterocycles. The highest BCUT2D eigenvalue weighted by atomic mass is 16.6. The topological polar surface area (TPSA) is 61.8 Å². The lowest BCUT2D eigenvalue weighted by molar-refractivity contribution is -0.163. The van der Waals surface area contributed by atoms with Crippen molar-refractivity contribution >= 4 is 11.9 Å². The number of carbonyl (C=O) groups excluding carboxylic acids is 2. The summed E-state index contributed by atoms with van der Waals surface area (Å²) >= 11 is 0.